The molecule has 0 unspecified atom stereocenters. The van der Waals surface area contributed by atoms with E-state index in [1.54, 1.807) is 12.1 Å². The van der Waals surface area contributed by atoms with Crippen molar-refractivity contribution in [2.24, 2.45) is 10.9 Å². The lowest BCUT2D eigenvalue weighted by atomic mass is 10.3. The van der Waals surface area contributed by atoms with Gasteiger partial charge in [0, 0.05) is 5.69 Å². The number of sulfonamides is 1. The van der Waals surface area contributed by atoms with Gasteiger partial charge in [0.15, 0.2) is 5.13 Å². The Labute approximate surface area is 124 Å². The molecule has 2 aromatic rings. The number of nitrogens with two attached hydrogens (primary N) is 3. The molecule has 0 bridgehead atoms. The van der Waals surface area contributed by atoms with Gasteiger partial charge in [-0.1, -0.05) is 23.6 Å². The number of primary sulfonamides is 1. The molecular weight excluding hydrogens is 318 g/mol. The highest BCUT2D eigenvalue weighted by atomic mass is 32.2. The van der Waals surface area contributed by atoms with E-state index in [2.05, 4.69) is 10.3 Å². The minimum atomic E-state index is -3.70. The Balaban J connectivity index is 2.22. The van der Waals surface area contributed by atoms with Crippen LogP contribution in [0, 0.1) is 0 Å². The summed E-state index contributed by atoms with van der Waals surface area (Å²) in [5.74, 6) is 0.256. The van der Waals surface area contributed by atoms with Crippen molar-refractivity contribution in [2.45, 2.75) is 4.90 Å². The minimum absolute atomic E-state index is 0.0329. The van der Waals surface area contributed by atoms with Crippen molar-refractivity contribution in [3.05, 3.63) is 29.1 Å². The lowest BCUT2D eigenvalue weighted by molar-refractivity contribution is 0.598. The lowest BCUT2D eigenvalue weighted by Crippen LogP contribution is -2.11. The molecule has 0 saturated carbocycles. The van der Waals surface area contributed by atoms with Crippen LogP contribution < -0.4 is 21.9 Å². The summed E-state index contributed by atoms with van der Waals surface area (Å²) in [4.78, 5) is 4.82. The van der Waals surface area contributed by atoms with Gasteiger partial charge in [0.2, 0.25) is 10.0 Å². The van der Waals surface area contributed by atoms with Gasteiger partial charge < -0.3 is 16.8 Å². The fourth-order valence-electron chi connectivity index (χ4n) is 1.41. The third kappa shape index (κ3) is 3.22. The van der Waals surface area contributed by atoms with Gasteiger partial charge in [-0.05, 0) is 24.3 Å². The Morgan fingerprint density at radius 2 is 1.90 bits per heavy atom. The Bertz CT molecular complexity index is 752. The van der Waals surface area contributed by atoms with Crippen LogP contribution in [0.5, 0.6) is 0 Å². The monoisotopic (exact) mass is 329 g/mol. The van der Waals surface area contributed by atoms with E-state index >= 15 is 0 Å². The van der Waals surface area contributed by atoms with Crippen LogP contribution in [0.15, 0.2) is 29.2 Å². The first-order valence-corrected chi connectivity index (χ1v) is 8.00. The summed E-state index contributed by atoms with van der Waals surface area (Å²) in [5, 5.41) is 8.50. The van der Waals surface area contributed by atoms with Crippen LogP contribution >= 0.6 is 23.6 Å². The normalized spacial score (nSPS) is 11.2. The average molecular weight is 329 g/mol. The van der Waals surface area contributed by atoms with Crippen molar-refractivity contribution in [1.82, 2.24) is 4.98 Å². The number of nitrogens with one attached hydrogen (secondary N) is 1. The second-order valence-electron chi connectivity index (χ2n) is 3.79. The van der Waals surface area contributed by atoms with Gasteiger partial charge in [-0.15, -0.1) is 0 Å². The number of hydrogen-bond acceptors (Lipinski definition) is 7. The molecule has 1 aromatic carbocycles. The number of thiocarbonyl (C=S) groups is 1. The zero-order valence-electron chi connectivity index (χ0n) is 10.0. The number of thiazole rings is 1. The van der Waals surface area contributed by atoms with Crippen LogP contribution in [-0.4, -0.2) is 18.4 Å². The van der Waals surface area contributed by atoms with Crippen molar-refractivity contribution in [3.63, 3.8) is 0 Å². The molecule has 0 aliphatic carbocycles. The molecule has 0 spiro atoms. The Kier molecular flexibility index (Phi) is 3.90. The van der Waals surface area contributed by atoms with Gasteiger partial charge in [-0.2, -0.15) is 0 Å². The quantitative estimate of drug-likeness (QED) is 0.607. The van der Waals surface area contributed by atoms with E-state index in [9.17, 15) is 8.42 Å². The summed E-state index contributed by atoms with van der Waals surface area (Å²) in [7, 11) is -3.70. The van der Waals surface area contributed by atoms with Crippen molar-refractivity contribution in [1.29, 1.82) is 0 Å². The van der Waals surface area contributed by atoms with Crippen LogP contribution in [0.2, 0.25) is 0 Å². The van der Waals surface area contributed by atoms with Gasteiger partial charge in [0.25, 0.3) is 0 Å². The second-order valence-corrected chi connectivity index (χ2v) is 6.79. The molecular formula is C10H11N5O2S3. The summed E-state index contributed by atoms with van der Waals surface area (Å²) in [6.45, 7) is 0. The third-order valence-electron chi connectivity index (χ3n) is 2.31. The third-order valence-corrected chi connectivity index (χ3v) is 4.59. The van der Waals surface area contributed by atoms with E-state index in [1.165, 1.54) is 23.5 Å². The highest BCUT2D eigenvalue weighted by Crippen LogP contribution is 2.27. The molecule has 0 atom stereocenters. The zero-order valence-corrected chi connectivity index (χ0v) is 12.5. The fraction of sp³-hybridized carbons (Fsp3) is 0. The van der Waals surface area contributed by atoms with Crippen molar-refractivity contribution < 1.29 is 8.42 Å². The second kappa shape index (κ2) is 5.32. The molecule has 1 aromatic heterocycles. The molecule has 7 N–H and O–H groups in total. The van der Waals surface area contributed by atoms with Gasteiger partial charge in [0.05, 0.1) is 4.90 Å². The SMILES string of the molecule is NC(=S)c1sc(Nc2ccc(S(N)(=O)=O)cc2)nc1N. The molecule has 0 fully saturated rings. The Morgan fingerprint density at radius 1 is 1.30 bits per heavy atom. The molecule has 0 saturated heterocycles. The lowest BCUT2D eigenvalue weighted by Gasteiger charge is -2.03. The minimum Gasteiger partial charge on any atom is -0.389 e. The maximum atomic E-state index is 11.1. The van der Waals surface area contributed by atoms with Gasteiger partial charge in [-0.25, -0.2) is 18.5 Å². The first-order valence-electron chi connectivity index (χ1n) is 5.23. The largest absolute Gasteiger partial charge is 0.389 e. The predicted molar refractivity (Wildman–Crippen MR) is 83.5 cm³/mol. The van der Waals surface area contributed by atoms with Crippen LogP contribution in [-0.2, 0) is 10.0 Å². The molecule has 106 valence electrons. The molecule has 0 radical (unpaired) electrons. The van der Waals surface area contributed by atoms with Crippen molar-refractivity contribution in [3.8, 4) is 0 Å². The smallest absolute Gasteiger partial charge is 0.238 e. The Morgan fingerprint density at radius 3 is 2.35 bits per heavy atom. The summed E-state index contributed by atoms with van der Waals surface area (Å²) in [6, 6.07) is 5.92. The van der Waals surface area contributed by atoms with E-state index < -0.39 is 10.0 Å². The first kappa shape index (κ1) is 14.7. The molecule has 0 aliphatic rings. The van der Waals surface area contributed by atoms with Crippen LogP contribution in [0.4, 0.5) is 16.6 Å². The fourth-order valence-corrected chi connectivity index (χ4v) is 2.92. The molecule has 0 aliphatic heterocycles. The summed E-state index contributed by atoms with van der Waals surface area (Å²) in [6.07, 6.45) is 0. The molecule has 20 heavy (non-hydrogen) atoms. The van der Waals surface area contributed by atoms with Gasteiger partial charge in [0.1, 0.15) is 15.7 Å². The van der Waals surface area contributed by atoms with Crippen LogP contribution in [0.3, 0.4) is 0 Å². The van der Waals surface area contributed by atoms with Crippen LogP contribution in [0.25, 0.3) is 0 Å². The number of anilines is 3. The molecule has 10 heteroatoms. The van der Waals surface area contributed by atoms with Crippen molar-refractivity contribution in [2.75, 3.05) is 11.1 Å². The topological polar surface area (TPSA) is 137 Å². The van der Waals surface area contributed by atoms with Crippen molar-refractivity contribution >= 4 is 55.2 Å². The molecule has 7 nitrogen and oxygen atoms in total. The maximum absolute atomic E-state index is 11.1. The van der Waals surface area contributed by atoms with E-state index in [-0.39, 0.29) is 15.7 Å². The van der Waals surface area contributed by atoms with E-state index in [0.29, 0.717) is 15.7 Å². The number of benzene rings is 1. The van der Waals surface area contributed by atoms with Crippen LogP contribution in [0.1, 0.15) is 4.88 Å². The standard InChI is InChI=1S/C10H11N5O2S3/c11-8-7(9(12)18)19-10(15-8)14-5-1-3-6(4-2-5)20(13,16)17/h1-4H,11H2,(H2,12,18)(H,14,15)(H2,13,16,17). The number of rotatable bonds is 4. The Hall–Kier alpha value is -1.75. The molecule has 0 amide bonds. The predicted octanol–water partition coefficient (Wildman–Crippen LogP) is 0.751. The maximum Gasteiger partial charge on any atom is 0.238 e. The van der Waals surface area contributed by atoms with Gasteiger partial charge in [-0.3, -0.25) is 0 Å². The summed E-state index contributed by atoms with van der Waals surface area (Å²) >= 11 is 6.06. The average Bonchev–Trinajstić information content (AvgIpc) is 2.70. The van der Waals surface area contributed by atoms with E-state index in [1.807, 2.05) is 0 Å². The van der Waals surface area contributed by atoms with E-state index in [4.69, 9.17) is 28.8 Å². The number of aromatic nitrogens is 1. The van der Waals surface area contributed by atoms with Gasteiger partial charge >= 0.3 is 0 Å². The number of nitrogen functional groups attached to an aromatic ring is 1. The first-order chi connectivity index (χ1) is 9.27. The number of hydrogen-bond donors (Lipinski definition) is 4. The molecule has 2 rings (SSSR count). The highest BCUT2D eigenvalue weighted by Gasteiger charge is 2.11. The van der Waals surface area contributed by atoms with E-state index in [0.717, 1.165) is 0 Å². The highest BCUT2D eigenvalue weighted by molar-refractivity contribution is 7.89. The zero-order chi connectivity index (χ0) is 14.9. The number of nitrogens with zero attached hydrogens (tertiary/aromatic N) is 1. The summed E-state index contributed by atoms with van der Waals surface area (Å²) < 4.78 is 22.3. The summed E-state index contributed by atoms with van der Waals surface area (Å²) in [5.41, 5.74) is 11.8. The molecule has 1 heterocycles.